The number of amides is 4. The average Bonchev–Trinajstić information content (AvgIpc) is 2.60. The summed E-state index contributed by atoms with van der Waals surface area (Å²) in [7, 11) is 0. The van der Waals surface area contributed by atoms with Crippen molar-refractivity contribution >= 4 is 60.0 Å². The molecule has 0 aromatic rings. The van der Waals surface area contributed by atoms with Gasteiger partial charge in [0.05, 0.1) is 0 Å². The number of halogens is 2. The van der Waals surface area contributed by atoms with E-state index in [9.17, 15) is 20.0 Å². The molecule has 1 aliphatic rings. The van der Waals surface area contributed by atoms with Gasteiger partial charge in [-0.05, 0) is 13.8 Å². The molecule has 16 heteroatoms. The Balaban J connectivity index is 0. The molecule has 1 fully saturated rings. The molecule has 1 aliphatic heterocycles. The normalized spacial score (nSPS) is 15.9. The first-order valence-corrected chi connectivity index (χ1v) is 7.44. The lowest BCUT2D eigenvalue weighted by atomic mass is 10.2. The molecule has 0 aliphatic carbocycles. The molecule has 0 spiro atoms. The highest BCUT2D eigenvalue weighted by Crippen LogP contribution is 2.06. The van der Waals surface area contributed by atoms with E-state index >= 15 is 0 Å². The summed E-state index contributed by atoms with van der Waals surface area (Å²) in [5.41, 5.74) is 14.5. The lowest BCUT2D eigenvalue weighted by molar-refractivity contribution is 0.236. The largest absolute Gasteiger partial charge is 0.409 e. The number of hydrazone groups is 2. The van der Waals surface area contributed by atoms with Gasteiger partial charge < -0.3 is 31.7 Å². The summed E-state index contributed by atoms with van der Waals surface area (Å²) in [4.78, 5) is 24.8. The number of amidine groups is 2. The van der Waals surface area contributed by atoms with Gasteiger partial charge in [0.1, 0.15) is 11.4 Å². The van der Waals surface area contributed by atoms with Crippen molar-refractivity contribution in [3.05, 3.63) is 0 Å². The standard InChI is InChI=1S/C12H22N10O4.2ClH/c1-7(15-17-11(13)23)9(19-25)21-3-5-22(6-4-21)10(20-26)8(2)16-18-12(14)24;;/h25-26H,3-6H2,1-2H3,(H3,13,17,23)(H3,14,18,24);2*1H/b15-7+,16-8+,19-9+,20-10+;;. The van der Waals surface area contributed by atoms with Crippen LogP contribution in [0.25, 0.3) is 0 Å². The van der Waals surface area contributed by atoms with Crippen LogP contribution in [0.3, 0.4) is 0 Å². The minimum Gasteiger partial charge on any atom is -0.409 e. The van der Waals surface area contributed by atoms with Crippen LogP contribution in [0.2, 0.25) is 0 Å². The molecule has 0 saturated carbocycles. The van der Waals surface area contributed by atoms with E-state index in [-0.39, 0.29) is 47.9 Å². The monoisotopic (exact) mass is 442 g/mol. The van der Waals surface area contributed by atoms with Crippen LogP contribution < -0.4 is 22.3 Å². The molecule has 1 rings (SSSR count). The van der Waals surface area contributed by atoms with Gasteiger partial charge in [-0.1, -0.05) is 10.3 Å². The van der Waals surface area contributed by atoms with E-state index in [1.54, 1.807) is 23.6 Å². The number of piperazine rings is 1. The van der Waals surface area contributed by atoms with Crippen LogP contribution in [0.5, 0.6) is 0 Å². The molecule has 160 valence electrons. The van der Waals surface area contributed by atoms with Gasteiger partial charge in [-0.2, -0.15) is 10.2 Å². The Morgan fingerprint density at radius 3 is 1.29 bits per heavy atom. The fourth-order valence-electron chi connectivity index (χ4n) is 2.24. The molecular formula is C12H24Cl2N10O4. The molecule has 4 amide bonds. The van der Waals surface area contributed by atoms with Gasteiger partial charge in [-0.15, -0.1) is 24.8 Å². The number of oxime groups is 2. The lowest BCUT2D eigenvalue weighted by Crippen LogP contribution is -2.53. The van der Waals surface area contributed by atoms with Crippen LogP contribution in [0.4, 0.5) is 9.59 Å². The topological polar surface area (TPSA) is 207 Å². The summed E-state index contributed by atoms with van der Waals surface area (Å²) in [6.45, 7) is 4.70. The van der Waals surface area contributed by atoms with Crippen LogP contribution in [-0.4, -0.2) is 81.6 Å². The number of hydrogen-bond donors (Lipinski definition) is 6. The third kappa shape index (κ3) is 8.13. The van der Waals surface area contributed by atoms with Crippen LogP contribution in [0, 0.1) is 0 Å². The predicted molar refractivity (Wildman–Crippen MR) is 108 cm³/mol. The SMILES string of the molecule is CC(=N\NC(N)=O)/C(=N\O)N1CCN(C(=N/O)/C(C)=N/NC(N)=O)CC1.Cl.Cl. The first-order valence-electron chi connectivity index (χ1n) is 7.44. The molecular weight excluding hydrogens is 419 g/mol. The van der Waals surface area contributed by atoms with Gasteiger partial charge in [-0.3, -0.25) is 0 Å². The van der Waals surface area contributed by atoms with Crippen molar-refractivity contribution in [3.8, 4) is 0 Å². The van der Waals surface area contributed by atoms with Gasteiger partial charge in [0.2, 0.25) is 0 Å². The van der Waals surface area contributed by atoms with Gasteiger partial charge in [0.25, 0.3) is 0 Å². The van der Waals surface area contributed by atoms with Gasteiger partial charge >= 0.3 is 12.1 Å². The number of nitrogens with one attached hydrogen (secondary N) is 2. The van der Waals surface area contributed by atoms with Crippen molar-refractivity contribution in [2.75, 3.05) is 26.2 Å². The van der Waals surface area contributed by atoms with Gasteiger partial charge in [0, 0.05) is 26.2 Å². The second-order valence-corrected chi connectivity index (χ2v) is 5.17. The van der Waals surface area contributed by atoms with Crippen LogP contribution in [0.1, 0.15) is 13.8 Å². The highest BCUT2D eigenvalue weighted by atomic mass is 35.5. The Labute approximate surface area is 173 Å². The van der Waals surface area contributed by atoms with E-state index in [2.05, 4.69) is 31.4 Å². The summed E-state index contributed by atoms with van der Waals surface area (Å²) in [6, 6.07) is -1.68. The molecule has 0 aromatic heterocycles. The fraction of sp³-hybridized carbons (Fsp3) is 0.500. The maximum Gasteiger partial charge on any atom is 0.332 e. The molecule has 14 nitrogen and oxygen atoms in total. The number of carbonyl (C=O) groups excluding carboxylic acids is 2. The average molecular weight is 443 g/mol. The lowest BCUT2D eigenvalue weighted by Gasteiger charge is -2.36. The van der Waals surface area contributed by atoms with E-state index < -0.39 is 12.1 Å². The zero-order valence-electron chi connectivity index (χ0n) is 15.2. The Hall–Kier alpha value is -3.00. The van der Waals surface area contributed by atoms with Crippen molar-refractivity contribution < 1.29 is 20.0 Å². The fourth-order valence-corrected chi connectivity index (χ4v) is 2.24. The molecule has 8 N–H and O–H groups in total. The zero-order valence-corrected chi connectivity index (χ0v) is 16.8. The summed E-state index contributed by atoms with van der Waals surface area (Å²) in [6.07, 6.45) is 0. The molecule has 0 atom stereocenters. The minimum absolute atomic E-state index is 0. The molecule has 1 heterocycles. The minimum atomic E-state index is -0.838. The number of hydrogen-bond acceptors (Lipinski definition) is 8. The van der Waals surface area contributed by atoms with Crippen molar-refractivity contribution in [1.29, 1.82) is 0 Å². The van der Waals surface area contributed by atoms with Crippen molar-refractivity contribution in [2.24, 2.45) is 32.0 Å². The number of nitrogens with two attached hydrogens (primary N) is 2. The number of carbonyl (C=O) groups is 2. The third-order valence-electron chi connectivity index (χ3n) is 3.38. The van der Waals surface area contributed by atoms with Crippen molar-refractivity contribution in [2.45, 2.75) is 13.8 Å². The Bertz CT molecular complexity index is 603. The van der Waals surface area contributed by atoms with Crippen LogP contribution >= 0.6 is 24.8 Å². The Morgan fingerprint density at radius 1 is 0.786 bits per heavy atom. The summed E-state index contributed by atoms with van der Waals surface area (Å²) >= 11 is 0. The molecule has 0 radical (unpaired) electrons. The van der Waals surface area contributed by atoms with E-state index in [0.717, 1.165) is 0 Å². The van der Waals surface area contributed by atoms with Crippen molar-refractivity contribution in [1.82, 2.24) is 20.7 Å². The highest BCUT2D eigenvalue weighted by molar-refractivity contribution is 6.41. The van der Waals surface area contributed by atoms with Crippen molar-refractivity contribution in [3.63, 3.8) is 0 Å². The number of nitrogens with zero attached hydrogens (tertiary/aromatic N) is 6. The maximum atomic E-state index is 10.7. The summed E-state index contributed by atoms with van der Waals surface area (Å²) in [5, 5.41) is 32.3. The quantitative estimate of drug-likeness (QED) is 0.140. The summed E-state index contributed by atoms with van der Waals surface area (Å²) in [5.74, 6) is 0.336. The molecule has 0 aromatic carbocycles. The number of primary amides is 2. The van der Waals surface area contributed by atoms with Gasteiger partial charge in [0.15, 0.2) is 11.7 Å². The molecule has 0 bridgehead atoms. The number of rotatable bonds is 4. The Morgan fingerprint density at radius 2 is 1.07 bits per heavy atom. The molecule has 1 saturated heterocycles. The van der Waals surface area contributed by atoms with E-state index in [1.165, 1.54) is 0 Å². The van der Waals surface area contributed by atoms with E-state index in [0.29, 0.717) is 26.2 Å². The zero-order chi connectivity index (χ0) is 19.7. The number of urea groups is 2. The van der Waals surface area contributed by atoms with Crippen LogP contribution in [0.15, 0.2) is 20.5 Å². The van der Waals surface area contributed by atoms with E-state index in [4.69, 9.17) is 11.5 Å². The first-order chi connectivity index (χ1) is 12.3. The maximum absolute atomic E-state index is 10.7. The summed E-state index contributed by atoms with van der Waals surface area (Å²) < 4.78 is 0. The van der Waals surface area contributed by atoms with E-state index in [1.807, 2.05) is 0 Å². The second kappa shape index (κ2) is 13.2. The highest BCUT2D eigenvalue weighted by Gasteiger charge is 2.25. The smallest absolute Gasteiger partial charge is 0.332 e. The molecule has 28 heavy (non-hydrogen) atoms. The van der Waals surface area contributed by atoms with Crippen LogP contribution in [-0.2, 0) is 0 Å². The molecule has 0 unspecified atom stereocenters. The van der Waals surface area contributed by atoms with Gasteiger partial charge in [-0.25, -0.2) is 20.4 Å². The third-order valence-corrected chi connectivity index (χ3v) is 3.38. The second-order valence-electron chi connectivity index (χ2n) is 5.17. The first kappa shape index (κ1) is 27.2. The predicted octanol–water partition coefficient (Wildman–Crippen LogP) is -0.889. The Kier molecular flexibility index (Phi) is 12.8.